The van der Waals surface area contributed by atoms with Crippen molar-refractivity contribution in [2.45, 2.75) is 13.0 Å². The van der Waals surface area contributed by atoms with Crippen LogP contribution in [0.4, 0.5) is 4.39 Å². The molecule has 3 aromatic rings. The third-order valence-corrected chi connectivity index (χ3v) is 2.95. The highest BCUT2D eigenvalue weighted by Crippen LogP contribution is 2.25. The highest BCUT2D eigenvalue weighted by molar-refractivity contribution is 5.51. The molecule has 5 heteroatoms. The van der Waals surface area contributed by atoms with Gasteiger partial charge in [0.05, 0.1) is 0 Å². The van der Waals surface area contributed by atoms with Crippen molar-refractivity contribution in [3.05, 3.63) is 66.3 Å². The Bertz CT molecular complexity index is 728. The van der Waals surface area contributed by atoms with E-state index in [9.17, 15) is 4.39 Å². The molecule has 0 bridgehead atoms. The summed E-state index contributed by atoms with van der Waals surface area (Å²) in [6, 6.07) is 15.6. The summed E-state index contributed by atoms with van der Waals surface area (Å²) in [5.74, 6) is 0.447. The topological polar surface area (TPSA) is 48.2 Å². The number of nitrogens with zero attached hydrogens (tertiary/aromatic N) is 2. The Morgan fingerprint density at radius 3 is 2.48 bits per heavy atom. The van der Waals surface area contributed by atoms with E-state index in [4.69, 9.17) is 9.15 Å². The van der Waals surface area contributed by atoms with Gasteiger partial charge in [-0.25, -0.2) is 4.39 Å². The lowest BCUT2D eigenvalue weighted by molar-refractivity contribution is 0.182. The van der Waals surface area contributed by atoms with Crippen LogP contribution in [0, 0.1) is 5.82 Å². The van der Waals surface area contributed by atoms with Crippen LogP contribution < -0.4 is 4.74 Å². The molecule has 0 radical (unpaired) electrons. The molecule has 1 aromatic heterocycles. The fraction of sp³-hybridized carbons (Fsp3) is 0.125. The first-order chi connectivity index (χ1) is 10.2. The molecule has 0 aliphatic heterocycles. The number of para-hydroxylation sites is 1. The van der Waals surface area contributed by atoms with Gasteiger partial charge in [-0.1, -0.05) is 30.3 Å². The van der Waals surface area contributed by atoms with Crippen LogP contribution in [-0.2, 0) is 0 Å². The second kappa shape index (κ2) is 5.75. The van der Waals surface area contributed by atoms with E-state index >= 15 is 0 Å². The Kier molecular flexibility index (Phi) is 3.64. The second-order valence-corrected chi connectivity index (χ2v) is 4.50. The zero-order valence-corrected chi connectivity index (χ0v) is 11.4. The first kappa shape index (κ1) is 13.3. The molecule has 3 rings (SSSR count). The number of ether oxygens (including phenoxy) is 1. The van der Waals surface area contributed by atoms with E-state index in [1.54, 1.807) is 25.1 Å². The number of hydrogen-bond donors (Lipinski definition) is 0. The Morgan fingerprint density at radius 1 is 1.00 bits per heavy atom. The smallest absolute Gasteiger partial charge is 0.257 e. The fourth-order valence-electron chi connectivity index (χ4n) is 1.88. The normalized spacial score (nSPS) is 12.1. The standard InChI is InChI=1S/C16H13FN2O2/c1-11(20-14-10-6-5-9-13(14)17)15-18-19-16(21-15)12-7-3-2-4-8-12/h2-11H,1H3/t11-/m1/s1. The number of hydrogen-bond acceptors (Lipinski definition) is 4. The first-order valence-corrected chi connectivity index (χ1v) is 6.54. The molecule has 0 aliphatic rings. The molecule has 0 saturated heterocycles. The minimum absolute atomic E-state index is 0.157. The van der Waals surface area contributed by atoms with Gasteiger partial charge in [0.15, 0.2) is 17.7 Å². The van der Waals surface area contributed by atoms with Crippen molar-refractivity contribution < 1.29 is 13.5 Å². The second-order valence-electron chi connectivity index (χ2n) is 4.50. The third-order valence-electron chi connectivity index (χ3n) is 2.95. The van der Waals surface area contributed by atoms with E-state index in [1.807, 2.05) is 30.3 Å². The van der Waals surface area contributed by atoms with Gasteiger partial charge in [0.1, 0.15) is 0 Å². The van der Waals surface area contributed by atoms with Gasteiger partial charge < -0.3 is 9.15 Å². The molecule has 0 amide bonds. The number of rotatable bonds is 4. The van der Waals surface area contributed by atoms with Crippen molar-refractivity contribution in [3.8, 4) is 17.2 Å². The van der Waals surface area contributed by atoms with Crippen LogP contribution in [0.1, 0.15) is 18.9 Å². The maximum Gasteiger partial charge on any atom is 0.257 e. The number of benzene rings is 2. The predicted octanol–water partition coefficient (Wildman–Crippen LogP) is 4.02. The SMILES string of the molecule is C[C@@H](Oc1ccccc1F)c1nnc(-c2ccccc2)o1. The summed E-state index contributed by atoms with van der Waals surface area (Å²) in [5.41, 5.74) is 0.828. The zero-order chi connectivity index (χ0) is 14.7. The molecule has 4 nitrogen and oxygen atoms in total. The predicted molar refractivity (Wildman–Crippen MR) is 75.2 cm³/mol. The van der Waals surface area contributed by atoms with Crippen molar-refractivity contribution in [1.29, 1.82) is 0 Å². The van der Waals surface area contributed by atoms with Crippen molar-refractivity contribution in [3.63, 3.8) is 0 Å². The van der Waals surface area contributed by atoms with E-state index in [0.717, 1.165) is 5.56 Å². The van der Waals surface area contributed by atoms with E-state index in [1.165, 1.54) is 6.07 Å². The van der Waals surface area contributed by atoms with Gasteiger partial charge in [0.25, 0.3) is 5.89 Å². The summed E-state index contributed by atoms with van der Waals surface area (Å²) >= 11 is 0. The molecular formula is C16H13FN2O2. The van der Waals surface area contributed by atoms with Crippen LogP contribution in [0.3, 0.4) is 0 Å². The van der Waals surface area contributed by atoms with Gasteiger partial charge in [-0.15, -0.1) is 10.2 Å². The summed E-state index contributed by atoms with van der Waals surface area (Å²) in [6.45, 7) is 1.73. The Hall–Kier alpha value is -2.69. The summed E-state index contributed by atoms with van der Waals surface area (Å²) in [5, 5.41) is 7.94. The molecule has 21 heavy (non-hydrogen) atoms. The molecule has 0 N–H and O–H groups in total. The van der Waals surface area contributed by atoms with Gasteiger partial charge in [-0.05, 0) is 31.2 Å². The quantitative estimate of drug-likeness (QED) is 0.726. The molecular weight excluding hydrogens is 271 g/mol. The van der Waals surface area contributed by atoms with Gasteiger partial charge in [0, 0.05) is 5.56 Å². The molecule has 0 fully saturated rings. The zero-order valence-electron chi connectivity index (χ0n) is 11.4. The van der Waals surface area contributed by atoms with Crippen LogP contribution in [0.5, 0.6) is 5.75 Å². The van der Waals surface area contributed by atoms with Gasteiger partial charge in [0.2, 0.25) is 5.89 Å². The van der Waals surface area contributed by atoms with E-state index in [0.29, 0.717) is 11.8 Å². The maximum absolute atomic E-state index is 13.5. The number of aromatic nitrogens is 2. The fourth-order valence-corrected chi connectivity index (χ4v) is 1.88. The molecule has 0 spiro atoms. The Balaban J connectivity index is 1.79. The summed E-state index contributed by atoms with van der Waals surface area (Å²) in [7, 11) is 0. The van der Waals surface area contributed by atoms with Crippen LogP contribution in [0.25, 0.3) is 11.5 Å². The lowest BCUT2D eigenvalue weighted by atomic mass is 10.2. The minimum Gasteiger partial charge on any atom is -0.478 e. The molecule has 2 aromatic carbocycles. The van der Waals surface area contributed by atoms with Gasteiger partial charge in [-0.3, -0.25) is 0 Å². The Labute approximate surface area is 121 Å². The Morgan fingerprint density at radius 2 is 1.71 bits per heavy atom. The average molecular weight is 284 g/mol. The van der Waals surface area contributed by atoms with E-state index in [-0.39, 0.29) is 5.75 Å². The van der Waals surface area contributed by atoms with Gasteiger partial charge in [-0.2, -0.15) is 0 Å². The highest BCUT2D eigenvalue weighted by atomic mass is 19.1. The molecule has 0 aliphatic carbocycles. The van der Waals surface area contributed by atoms with Crippen molar-refractivity contribution in [2.75, 3.05) is 0 Å². The largest absolute Gasteiger partial charge is 0.478 e. The van der Waals surface area contributed by atoms with Crippen molar-refractivity contribution in [2.24, 2.45) is 0 Å². The monoisotopic (exact) mass is 284 g/mol. The van der Waals surface area contributed by atoms with Crippen LogP contribution in [0.15, 0.2) is 59.0 Å². The van der Waals surface area contributed by atoms with Crippen molar-refractivity contribution >= 4 is 0 Å². The summed E-state index contributed by atoms with van der Waals surface area (Å²) in [4.78, 5) is 0. The maximum atomic E-state index is 13.5. The summed E-state index contributed by atoms with van der Waals surface area (Å²) in [6.07, 6.45) is -0.535. The first-order valence-electron chi connectivity index (χ1n) is 6.54. The van der Waals surface area contributed by atoms with Crippen LogP contribution >= 0.6 is 0 Å². The lowest BCUT2D eigenvalue weighted by Gasteiger charge is -2.11. The third kappa shape index (κ3) is 2.91. The number of halogens is 1. The minimum atomic E-state index is -0.535. The van der Waals surface area contributed by atoms with E-state index in [2.05, 4.69) is 10.2 Å². The van der Waals surface area contributed by atoms with Crippen LogP contribution in [0.2, 0.25) is 0 Å². The molecule has 106 valence electrons. The lowest BCUT2D eigenvalue weighted by Crippen LogP contribution is -2.04. The van der Waals surface area contributed by atoms with E-state index < -0.39 is 11.9 Å². The molecule has 1 heterocycles. The molecule has 0 unspecified atom stereocenters. The van der Waals surface area contributed by atoms with Gasteiger partial charge >= 0.3 is 0 Å². The molecule has 0 saturated carbocycles. The average Bonchev–Trinajstić information content (AvgIpc) is 3.00. The van der Waals surface area contributed by atoms with Crippen LogP contribution in [-0.4, -0.2) is 10.2 Å². The highest BCUT2D eigenvalue weighted by Gasteiger charge is 2.17. The molecule has 1 atom stereocenters. The summed E-state index contributed by atoms with van der Waals surface area (Å²) < 4.78 is 24.6. The van der Waals surface area contributed by atoms with Crippen molar-refractivity contribution in [1.82, 2.24) is 10.2 Å².